The lowest BCUT2D eigenvalue weighted by molar-refractivity contribution is -0.144. The second-order valence-corrected chi connectivity index (χ2v) is 11.7. The molecule has 1 spiro atoms. The van der Waals surface area contributed by atoms with Crippen molar-refractivity contribution < 1.29 is 24.2 Å². The number of benzene rings is 2. The van der Waals surface area contributed by atoms with E-state index in [2.05, 4.69) is 13.2 Å². The first-order valence-electron chi connectivity index (χ1n) is 14.5. The van der Waals surface area contributed by atoms with Crippen molar-refractivity contribution in [3.05, 3.63) is 84.4 Å². The minimum atomic E-state index is -1.22. The molecule has 0 aromatic heterocycles. The van der Waals surface area contributed by atoms with Crippen LogP contribution >= 0.6 is 11.6 Å². The van der Waals surface area contributed by atoms with E-state index in [0.717, 1.165) is 5.56 Å². The van der Waals surface area contributed by atoms with Crippen LogP contribution in [0.5, 0.6) is 0 Å². The fourth-order valence-electron chi connectivity index (χ4n) is 7.23. The van der Waals surface area contributed by atoms with Crippen LogP contribution in [0.4, 0.5) is 11.4 Å². The SMILES string of the molecule is C=CCN(C(=O)[C@@H]1[C@@H]2CCC3(O2)C(C(=O)N(CC=C)c2c(C)cccc2Cl)N([C@@H](CC)CO)C(=O)[C@H]13)c1ccccc1. The highest BCUT2D eigenvalue weighted by Gasteiger charge is 2.75. The van der Waals surface area contributed by atoms with Crippen molar-refractivity contribution >= 4 is 40.7 Å². The van der Waals surface area contributed by atoms with Gasteiger partial charge in [-0.05, 0) is 49.9 Å². The molecule has 3 heterocycles. The molecule has 0 radical (unpaired) electrons. The summed E-state index contributed by atoms with van der Waals surface area (Å²) in [5.41, 5.74) is 0.814. The molecule has 3 amide bonds. The van der Waals surface area contributed by atoms with E-state index in [1.54, 1.807) is 28.0 Å². The number of fused-ring (bicyclic) bond motifs is 1. The summed E-state index contributed by atoms with van der Waals surface area (Å²) >= 11 is 6.63. The van der Waals surface area contributed by atoms with Gasteiger partial charge < -0.3 is 24.5 Å². The molecule has 8 nitrogen and oxygen atoms in total. The molecule has 222 valence electrons. The number of aliphatic hydroxyl groups excluding tert-OH is 1. The molecule has 1 N–H and O–H groups in total. The van der Waals surface area contributed by atoms with E-state index < -0.39 is 35.6 Å². The maximum absolute atomic E-state index is 14.7. The van der Waals surface area contributed by atoms with Crippen LogP contribution in [-0.4, -0.2) is 71.2 Å². The van der Waals surface area contributed by atoms with Crippen LogP contribution in [0.3, 0.4) is 0 Å². The molecule has 42 heavy (non-hydrogen) atoms. The normalized spacial score (nSPS) is 26.6. The summed E-state index contributed by atoms with van der Waals surface area (Å²) in [6, 6.07) is 13.0. The second-order valence-electron chi connectivity index (χ2n) is 11.3. The molecule has 3 aliphatic heterocycles. The van der Waals surface area contributed by atoms with Gasteiger partial charge in [0.2, 0.25) is 11.8 Å². The van der Waals surface area contributed by atoms with Crippen molar-refractivity contribution in [2.75, 3.05) is 29.5 Å². The van der Waals surface area contributed by atoms with E-state index >= 15 is 0 Å². The van der Waals surface area contributed by atoms with Crippen LogP contribution in [0.1, 0.15) is 31.7 Å². The standard InChI is InChI=1S/C33H38ClN3O5/c1-5-18-35(23-13-9-8-10-14-23)30(39)26-25-16-17-33(42-25)27(26)31(40)37(22(7-3)20-38)29(33)32(41)36(19-6-2)28-21(4)12-11-15-24(28)34/h5-6,8-15,22,25-27,29,38H,1-2,7,16-20H2,3-4H3/t22-,25-,26+,27-,29?,33?/m0/s1. The Morgan fingerprint density at radius 2 is 1.81 bits per heavy atom. The van der Waals surface area contributed by atoms with E-state index in [4.69, 9.17) is 16.3 Å². The van der Waals surface area contributed by atoms with Crippen molar-refractivity contribution in [1.29, 1.82) is 0 Å². The fraction of sp³-hybridized carbons (Fsp3) is 0.424. The monoisotopic (exact) mass is 591 g/mol. The Hall–Kier alpha value is -3.46. The number of nitrogens with zero attached hydrogens (tertiary/aromatic N) is 3. The summed E-state index contributed by atoms with van der Waals surface area (Å²) in [6.45, 7) is 11.5. The summed E-state index contributed by atoms with van der Waals surface area (Å²) < 4.78 is 6.66. The van der Waals surface area contributed by atoms with Crippen LogP contribution in [0, 0.1) is 18.8 Å². The van der Waals surface area contributed by atoms with Gasteiger partial charge in [0, 0.05) is 18.8 Å². The summed E-state index contributed by atoms with van der Waals surface area (Å²) in [5, 5.41) is 10.8. The number of aliphatic hydroxyl groups is 1. The number of carbonyl (C=O) groups excluding carboxylic acids is 3. The molecule has 3 saturated heterocycles. The Morgan fingerprint density at radius 3 is 2.43 bits per heavy atom. The number of likely N-dealkylation sites (tertiary alicyclic amines) is 1. The maximum atomic E-state index is 14.7. The molecule has 2 aromatic rings. The highest BCUT2D eigenvalue weighted by Crippen LogP contribution is 2.59. The average Bonchev–Trinajstić information content (AvgIpc) is 3.63. The molecule has 0 saturated carbocycles. The minimum absolute atomic E-state index is 0.158. The number of hydrogen-bond donors (Lipinski definition) is 1. The molecule has 9 heteroatoms. The van der Waals surface area contributed by atoms with E-state index in [-0.39, 0.29) is 37.4 Å². The molecular formula is C33H38ClN3O5. The van der Waals surface area contributed by atoms with Crippen LogP contribution < -0.4 is 9.80 Å². The fourth-order valence-corrected chi connectivity index (χ4v) is 7.56. The number of rotatable bonds is 11. The maximum Gasteiger partial charge on any atom is 0.253 e. The Kier molecular flexibility index (Phi) is 8.60. The van der Waals surface area contributed by atoms with E-state index in [9.17, 15) is 19.5 Å². The first kappa shape index (κ1) is 30.0. The topological polar surface area (TPSA) is 90.4 Å². The second kappa shape index (κ2) is 12.0. The Bertz CT molecular complexity index is 1360. The zero-order valence-corrected chi connectivity index (χ0v) is 24.9. The first-order chi connectivity index (χ1) is 20.2. The Labute approximate surface area is 252 Å². The smallest absolute Gasteiger partial charge is 0.253 e. The van der Waals surface area contributed by atoms with E-state index in [1.807, 2.05) is 56.3 Å². The molecule has 6 atom stereocenters. The molecule has 3 aliphatic rings. The molecular weight excluding hydrogens is 554 g/mol. The third-order valence-electron chi connectivity index (χ3n) is 9.01. The number of anilines is 2. The zero-order chi connectivity index (χ0) is 30.2. The number of aryl methyl sites for hydroxylation is 1. The first-order valence-corrected chi connectivity index (χ1v) is 14.9. The molecule has 5 rings (SSSR count). The Balaban J connectivity index is 1.61. The van der Waals surface area contributed by atoms with Crippen molar-refractivity contribution in [2.45, 2.75) is 56.9 Å². The molecule has 3 fully saturated rings. The number of para-hydroxylation sites is 2. The summed E-state index contributed by atoms with van der Waals surface area (Å²) in [6.07, 6.45) is 4.17. The van der Waals surface area contributed by atoms with Gasteiger partial charge in [0.05, 0.1) is 41.3 Å². The van der Waals surface area contributed by atoms with Crippen LogP contribution in [-0.2, 0) is 19.1 Å². The van der Waals surface area contributed by atoms with Gasteiger partial charge in [-0.1, -0.05) is 61.0 Å². The van der Waals surface area contributed by atoms with Gasteiger partial charge in [-0.2, -0.15) is 0 Å². The summed E-state index contributed by atoms with van der Waals surface area (Å²) in [5.74, 6) is -2.59. The van der Waals surface area contributed by atoms with Crippen LogP contribution in [0.15, 0.2) is 73.8 Å². The summed E-state index contributed by atoms with van der Waals surface area (Å²) in [4.78, 5) is 48.2. The van der Waals surface area contributed by atoms with Gasteiger partial charge in [0.1, 0.15) is 11.6 Å². The lowest BCUT2D eigenvalue weighted by Gasteiger charge is -2.39. The highest BCUT2D eigenvalue weighted by molar-refractivity contribution is 6.34. The van der Waals surface area contributed by atoms with Crippen molar-refractivity contribution in [2.24, 2.45) is 11.8 Å². The van der Waals surface area contributed by atoms with Crippen LogP contribution in [0.2, 0.25) is 5.02 Å². The van der Waals surface area contributed by atoms with Gasteiger partial charge in [-0.3, -0.25) is 14.4 Å². The van der Waals surface area contributed by atoms with Gasteiger partial charge >= 0.3 is 0 Å². The molecule has 2 unspecified atom stereocenters. The highest BCUT2D eigenvalue weighted by atomic mass is 35.5. The number of carbonyl (C=O) groups is 3. The molecule has 2 aromatic carbocycles. The average molecular weight is 592 g/mol. The summed E-state index contributed by atoms with van der Waals surface area (Å²) in [7, 11) is 0. The van der Waals surface area contributed by atoms with Gasteiger partial charge in [-0.15, -0.1) is 13.2 Å². The van der Waals surface area contributed by atoms with E-state index in [0.29, 0.717) is 35.7 Å². The van der Waals surface area contributed by atoms with Gasteiger partial charge in [0.25, 0.3) is 5.91 Å². The predicted octanol–water partition coefficient (Wildman–Crippen LogP) is 4.53. The number of halogens is 1. The Morgan fingerprint density at radius 1 is 1.12 bits per heavy atom. The molecule has 2 bridgehead atoms. The zero-order valence-electron chi connectivity index (χ0n) is 24.1. The largest absolute Gasteiger partial charge is 0.394 e. The minimum Gasteiger partial charge on any atom is -0.394 e. The van der Waals surface area contributed by atoms with Gasteiger partial charge in [0.15, 0.2) is 0 Å². The lowest BCUT2D eigenvalue weighted by atomic mass is 9.70. The third kappa shape index (κ3) is 4.66. The lowest BCUT2D eigenvalue weighted by Crippen LogP contribution is -2.59. The molecule has 0 aliphatic carbocycles. The predicted molar refractivity (Wildman–Crippen MR) is 163 cm³/mol. The number of ether oxygens (including phenoxy) is 1. The van der Waals surface area contributed by atoms with E-state index in [1.165, 1.54) is 4.90 Å². The number of hydrogen-bond acceptors (Lipinski definition) is 5. The van der Waals surface area contributed by atoms with Gasteiger partial charge in [-0.25, -0.2) is 0 Å². The number of amides is 3. The van der Waals surface area contributed by atoms with Crippen molar-refractivity contribution in [1.82, 2.24) is 4.90 Å². The van der Waals surface area contributed by atoms with Crippen molar-refractivity contribution in [3.63, 3.8) is 0 Å². The quantitative estimate of drug-likeness (QED) is 0.388. The van der Waals surface area contributed by atoms with Crippen LogP contribution in [0.25, 0.3) is 0 Å². The third-order valence-corrected chi connectivity index (χ3v) is 9.32. The van der Waals surface area contributed by atoms with Crippen molar-refractivity contribution in [3.8, 4) is 0 Å².